The Morgan fingerprint density at radius 2 is 1.65 bits per heavy atom. The minimum Gasteiger partial charge on any atom is -0.465 e. The first-order valence-electron chi connectivity index (χ1n) is 6.93. The molecule has 20 heavy (non-hydrogen) atoms. The van der Waals surface area contributed by atoms with E-state index < -0.39 is 0 Å². The molecule has 0 spiro atoms. The molecule has 1 amide bonds. The van der Waals surface area contributed by atoms with Crippen molar-refractivity contribution >= 4 is 11.9 Å². The average molecular weight is 277 g/mol. The van der Waals surface area contributed by atoms with Crippen LogP contribution in [0, 0.1) is 20.8 Å². The Balaban J connectivity index is 3.00. The number of rotatable bonds is 5. The fourth-order valence-corrected chi connectivity index (χ4v) is 2.37. The van der Waals surface area contributed by atoms with Crippen LogP contribution in [-0.4, -0.2) is 36.5 Å². The summed E-state index contributed by atoms with van der Waals surface area (Å²) in [5, 5.41) is 0. The van der Waals surface area contributed by atoms with Crippen molar-refractivity contribution in [3.8, 4) is 0 Å². The molecule has 0 saturated heterocycles. The molecule has 0 unspecified atom stereocenters. The third kappa shape index (κ3) is 3.83. The van der Waals surface area contributed by atoms with Crippen LogP contribution in [0.25, 0.3) is 0 Å². The topological polar surface area (TPSA) is 46.6 Å². The van der Waals surface area contributed by atoms with Gasteiger partial charge in [0.1, 0.15) is 6.54 Å². The molecule has 0 bridgehead atoms. The Labute approximate surface area is 120 Å². The van der Waals surface area contributed by atoms with E-state index in [1.54, 1.807) is 6.92 Å². The van der Waals surface area contributed by atoms with Crippen LogP contribution >= 0.6 is 0 Å². The molecule has 4 nitrogen and oxygen atoms in total. The molecule has 110 valence electrons. The second-order valence-corrected chi connectivity index (χ2v) is 4.90. The largest absolute Gasteiger partial charge is 0.465 e. The number of likely N-dealkylation sites (N-methyl/N-ethyl adjacent to an activating group) is 1. The highest BCUT2D eigenvalue weighted by molar-refractivity contribution is 5.98. The van der Waals surface area contributed by atoms with Gasteiger partial charge < -0.3 is 9.64 Å². The number of carbonyl (C=O) groups excluding carboxylic acids is 2. The molecule has 0 atom stereocenters. The number of esters is 1. The molecular formula is C16H23NO3. The maximum Gasteiger partial charge on any atom is 0.325 e. The molecule has 0 fully saturated rings. The maximum atomic E-state index is 12.6. The summed E-state index contributed by atoms with van der Waals surface area (Å²) in [7, 11) is 0. The standard InChI is InChI=1S/C16H23NO3/c1-6-17(10-14(18)20-7-2)16(19)15-12(4)8-11(3)9-13(15)5/h8-9H,6-7,10H2,1-5H3. The summed E-state index contributed by atoms with van der Waals surface area (Å²) in [6.07, 6.45) is 0. The number of benzene rings is 1. The maximum absolute atomic E-state index is 12.6. The molecule has 0 aromatic heterocycles. The summed E-state index contributed by atoms with van der Waals surface area (Å²) >= 11 is 0. The Hall–Kier alpha value is -1.84. The third-order valence-corrected chi connectivity index (χ3v) is 3.19. The van der Waals surface area contributed by atoms with Gasteiger partial charge in [-0.1, -0.05) is 17.7 Å². The van der Waals surface area contributed by atoms with Crippen LogP contribution < -0.4 is 0 Å². The molecule has 0 saturated carbocycles. The lowest BCUT2D eigenvalue weighted by Gasteiger charge is -2.22. The van der Waals surface area contributed by atoms with Crippen molar-refractivity contribution < 1.29 is 14.3 Å². The van der Waals surface area contributed by atoms with Crippen molar-refractivity contribution in [2.45, 2.75) is 34.6 Å². The fraction of sp³-hybridized carbons (Fsp3) is 0.500. The van der Waals surface area contributed by atoms with E-state index in [2.05, 4.69) is 0 Å². The zero-order valence-corrected chi connectivity index (χ0v) is 12.9. The summed E-state index contributed by atoms with van der Waals surface area (Å²) in [5.74, 6) is -0.485. The second kappa shape index (κ2) is 7.08. The molecule has 0 aliphatic rings. The van der Waals surface area contributed by atoms with Gasteiger partial charge in [0.2, 0.25) is 0 Å². The normalized spacial score (nSPS) is 10.2. The van der Waals surface area contributed by atoms with Crippen molar-refractivity contribution in [2.24, 2.45) is 0 Å². The van der Waals surface area contributed by atoms with Crippen LogP contribution in [0.1, 0.15) is 40.9 Å². The van der Waals surface area contributed by atoms with Crippen LogP contribution in [0.15, 0.2) is 12.1 Å². The van der Waals surface area contributed by atoms with E-state index in [9.17, 15) is 9.59 Å². The summed E-state index contributed by atoms with van der Waals surface area (Å²) in [6.45, 7) is 10.3. The van der Waals surface area contributed by atoms with Crippen LogP contribution in [0.5, 0.6) is 0 Å². The number of carbonyl (C=O) groups is 2. The van der Waals surface area contributed by atoms with E-state index in [4.69, 9.17) is 4.74 Å². The molecule has 1 aromatic rings. The van der Waals surface area contributed by atoms with Crippen molar-refractivity contribution in [3.63, 3.8) is 0 Å². The van der Waals surface area contributed by atoms with Crippen molar-refractivity contribution in [2.75, 3.05) is 19.7 Å². The van der Waals surface area contributed by atoms with Crippen LogP contribution in [-0.2, 0) is 9.53 Å². The Kier molecular flexibility index (Phi) is 5.74. The molecule has 0 heterocycles. The lowest BCUT2D eigenvalue weighted by Crippen LogP contribution is -2.37. The smallest absolute Gasteiger partial charge is 0.325 e. The number of hydrogen-bond acceptors (Lipinski definition) is 3. The first kappa shape index (κ1) is 16.2. The molecule has 0 radical (unpaired) electrons. The van der Waals surface area contributed by atoms with Crippen LogP contribution in [0.3, 0.4) is 0 Å². The summed E-state index contributed by atoms with van der Waals surface area (Å²) in [6, 6.07) is 3.97. The van der Waals surface area contributed by atoms with E-state index in [1.165, 1.54) is 4.90 Å². The van der Waals surface area contributed by atoms with Gasteiger partial charge in [0.05, 0.1) is 6.61 Å². The highest BCUT2D eigenvalue weighted by Gasteiger charge is 2.21. The number of aryl methyl sites for hydroxylation is 3. The van der Waals surface area contributed by atoms with Gasteiger partial charge in [-0.05, 0) is 45.7 Å². The van der Waals surface area contributed by atoms with Gasteiger partial charge in [-0.2, -0.15) is 0 Å². The van der Waals surface area contributed by atoms with E-state index in [1.807, 2.05) is 39.8 Å². The summed E-state index contributed by atoms with van der Waals surface area (Å²) in [5.41, 5.74) is 3.69. The third-order valence-electron chi connectivity index (χ3n) is 3.19. The predicted octanol–water partition coefficient (Wildman–Crippen LogP) is 2.64. The average Bonchev–Trinajstić information content (AvgIpc) is 2.34. The zero-order valence-electron chi connectivity index (χ0n) is 12.9. The van der Waals surface area contributed by atoms with Crippen LogP contribution in [0.4, 0.5) is 0 Å². The quantitative estimate of drug-likeness (QED) is 0.777. The van der Waals surface area contributed by atoms with E-state index >= 15 is 0 Å². The first-order chi connectivity index (χ1) is 9.40. The van der Waals surface area contributed by atoms with E-state index in [-0.39, 0.29) is 18.4 Å². The Morgan fingerprint density at radius 1 is 1.10 bits per heavy atom. The van der Waals surface area contributed by atoms with Crippen molar-refractivity contribution in [1.29, 1.82) is 0 Å². The van der Waals surface area contributed by atoms with Gasteiger partial charge in [0.15, 0.2) is 0 Å². The minimum absolute atomic E-state index is 0.00404. The predicted molar refractivity (Wildman–Crippen MR) is 78.9 cm³/mol. The van der Waals surface area contributed by atoms with Gasteiger partial charge >= 0.3 is 5.97 Å². The Morgan fingerprint density at radius 3 is 2.10 bits per heavy atom. The van der Waals surface area contributed by atoms with Gasteiger partial charge in [-0.3, -0.25) is 9.59 Å². The number of hydrogen-bond donors (Lipinski definition) is 0. The summed E-state index contributed by atoms with van der Waals surface area (Å²) < 4.78 is 4.91. The van der Waals surface area contributed by atoms with Crippen LogP contribution in [0.2, 0.25) is 0 Å². The van der Waals surface area contributed by atoms with Gasteiger partial charge in [0.25, 0.3) is 5.91 Å². The first-order valence-corrected chi connectivity index (χ1v) is 6.93. The highest BCUT2D eigenvalue weighted by atomic mass is 16.5. The number of amides is 1. The van der Waals surface area contributed by atoms with Gasteiger partial charge in [0, 0.05) is 12.1 Å². The molecule has 1 aromatic carbocycles. The lowest BCUT2D eigenvalue weighted by atomic mass is 9.99. The molecule has 0 N–H and O–H groups in total. The van der Waals surface area contributed by atoms with E-state index in [0.29, 0.717) is 18.7 Å². The molecular weight excluding hydrogens is 254 g/mol. The van der Waals surface area contributed by atoms with Crippen molar-refractivity contribution in [3.05, 3.63) is 34.4 Å². The lowest BCUT2D eigenvalue weighted by molar-refractivity contribution is -0.143. The molecule has 1 rings (SSSR count). The van der Waals surface area contributed by atoms with E-state index in [0.717, 1.165) is 16.7 Å². The summed E-state index contributed by atoms with van der Waals surface area (Å²) in [4.78, 5) is 25.7. The highest BCUT2D eigenvalue weighted by Crippen LogP contribution is 2.18. The monoisotopic (exact) mass is 277 g/mol. The molecule has 0 aliphatic heterocycles. The second-order valence-electron chi connectivity index (χ2n) is 4.90. The molecule has 0 aliphatic carbocycles. The number of ether oxygens (including phenoxy) is 1. The zero-order chi connectivity index (χ0) is 15.3. The SMILES string of the molecule is CCOC(=O)CN(CC)C(=O)c1c(C)cc(C)cc1C. The number of nitrogens with zero attached hydrogens (tertiary/aromatic N) is 1. The molecule has 4 heteroatoms. The minimum atomic E-state index is -0.370. The Bertz CT molecular complexity index is 485. The van der Waals surface area contributed by atoms with Gasteiger partial charge in [-0.25, -0.2) is 0 Å². The van der Waals surface area contributed by atoms with Gasteiger partial charge in [-0.15, -0.1) is 0 Å². The fourth-order valence-electron chi connectivity index (χ4n) is 2.37. The van der Waals surface area contributed by atoms with Crippen molar-refractivity contribution in [1.82, 2.24) is 4.90 Å².